The molecule has 3 unspecified atom stereocenters. The third-order valence-electron chi connectivity index (χ3n) is 8.01. The Kier molecular flexibility index (Phi) is 9.76. The summed E-state index contributed by atoms with van der Waals surface area (Å²) in [6.45, 7) is 3.34. The highest BCUT2D eigenvalue weighted by molar-refractivity contribution is 7.86. The van der Waals surface area contributed by atoms with E-state index in [0.717, 1.165) is 95.4 Å². The first-order valence-electron chi connectivity index (χ1n) is 15.4. The van der Waals surface area contributed by atoms with Gasteiger partial charge in [-0.25, -0.2) is 0 Å². The van der Waals surface area contributed by atoms with E-state index in [-0.39, 0.29) is 19.2 Å². The molecule has 0 spiro atoms. The van der Waals surface area contributed by atoms with E-state index in [1.807, 2.05) is 54.6 Å². The first-order valence-corrected chi connectivity index (χ1v) is 17.3. The smallest absolute Gasteiger partial charge is 0.265 e. The predicted octanol–water partition coefficient (Wildman–Crippen LogP) is 6.89. The van der Waals surface area contributed by atoms with E-state index >= 15 is 0 Å². The fourth-order valence-electron chi connectivity index (χ4n) is 5.77. The summed E-state index contributed by atoms with van der Waals surface area (Å²) in [5.74, 6) is 7.97. The first kappa shape index (κ1) is 31.2. The van der Waals surface area contributed by atoms with Gasteiger partial charge in [-0.05, 0) is 91.8 Å². The van der Waals surface area contributed by atoms with Gasteiger partial charge in [0.15, 0.2) is 12.6 Å². The Morgan fingerprint density at radius 2 is 1.53 bits per heavy atom. The molecule has 3 heterocycles. The SMILES string of the molecule is CC1=C(c2cccc(OC3CCCCO3)c2)C(c2ccc(C#CCOS(C)(=O)=O)cc2)Oc2ccc(OC3CCCCO3)cc21. The summed E-state index contributed by atoms with van der Waals surface area (Å²) in [6, 6.07) is 21.8. The van der Waals surface area contributed by atoms with Crippen molar-refractivity contribution in [2.24, 2.45) is 0 Å². The molecule has 6 rings (SSSR count). The van der Waals surface area contributed by atoms with Gasteiger partial charge in [-0.1, -0.05) is 36.1 Å². The van der Waals surface area contributed by atoms with Crippen LogP contribution in [0.15, 0.2) is 66.7 Å². The molecule has 0 amide bonds. The first-order chi connectivity index (χ1) is 21.8. The Balaban J connectivity index is 1.32. The van der Waals surface area contributed by atoms with Crippen molar-refractivity contribution in [2.45, 2.75) is 64.1 Å². The lowest BCUT2D eigenvalue weighted by Gasteiger charge is -2.32. The summed E-state index contributed by atoms with van der Waals surface area (Å²) >= 11 is 0. The van der Waals surface area contributed by atoms with Crippen molar-refractivity contribution >= 4 is 21.3 Å². The number of benzene rings is 3. The van der Waals surface area contributed by atoms with Crippen molar-refractivity contribution in [2.75, 3.05) is 26.1 Å². The second-order valence-electron chi connectivity index (χ2n) is 11.4. The summed E-state index contributed by atoms with van der Waals surface area (Å²) < 4.78 is 58.0. The molecule has 0 radical (unpaired) electrons. The fraction of sp³-hybridized carbons (Fsp3) is 0.389. The zero-order chi connectivity index (χ0) is 31.2. The molecule has 0 N–H and O–H groups in total. The maximum atomic E-state index is 11.2. The monoisotopic (exact) mass is 630 g/mol. The van der Waals surface area contributed by atoms with Gasteiger partial charge in [-0.3, -0.25) is 4.18 Å². The summed E-state index contributed by atoms with van der Waals surface area (Å²) in [5, 5.41) is 0. The molecule has 236 valence electrons. The Bertz CT molecular complexity index is 1690. The van der Waals surface area contributed by atoms with Gasteiger partial charge in [0.25, 0.3) is 10.1 Å². The van der Waals surface area contributed by atoms with Crippen LogP contribution in [0, 0.1) is 11.8 Å². The molecular formula is C36H38O8S. The van der Waals surface area contributed by atoms with E-state index in [9.17, 15) is 8.42 Å². The van der Waals surface area contributed by atoms with E-state index in [1.54, 1.807) is 0 Å². The highest BCUT2D eigenvalue weighted by atomic mass is 32.2. The van der Waals surface area contributed by atoms with E-state index in [0.29, 0.717) is 13.2 Å². The van der Waals surface area contributed by atoms with Crippen molar-refractivity contribution in [3.05, 3.63) is 89.0 Å². The fourth-order valence-corrected chi connectivity index (χ4v) is 6.05. The lowest BCUT2D eigenvalue weighted by molar-refractivity contribution is -0.106. The van der Waals surface area contributed by atoms with Gasteiger partial charge in [0.05, 0.1) is 19.5 Å². The zero-order valence-corrected chi connectivity index (χ0v) is 26.4. The van der Waals surface area contributed by atoms with E-state index in [4.69, 9.17) is 27.9 Å². The van der Waals surface area contributed by atoms with Gasteiger partial charge in [0.2, 0.25) is 0 Å². The van der Waals surface area contributed by atoms with Crippen molar-refractivity contribution in [1.82, 2.24) is 0 Å². The standard InChI is InChI=1S/C36H38O8S/c1-25-31-24-30(43-34-13-4-6-21-40-34)18-19-32(31)44-36(27-16-14-26(15-17-27)9-8-22-41-45(2,37)38)35(25)28-10-7-11-29(23-28)42-33-12-3-5-20-39-33/h7,10-11,14-19,23-24,33-34,36H,3-6,12-13,20-22H2,1-2H3. The lowest BCUT2D eigenvalue weighted by atomic mass is 9.86. The van der Waals surface area contributed by atoms with Crippen LogP contribution in [0.1, 0.15) is 73.8 Å². The van der Waals surface area contributed by atoms with Crippen LogP contribution >= 0.6 is 0 Å². The Labute approximate surface area is 265 Å². The van der Waals surface area contributed by atoms with Gasteiger partial charge in [0.1, 0.15) is 30.0 Å². The van der Waals surface area contributed by atoms with Gasteiger partial charge < -0.3 is 23.7 Å². The highest BCUT2D eigenvalue weighted by Gasteiger charge is 2.30. The van der Waals surface area contributed by atoms with E-state index in [2.05, 4.69) is 30.9 Å². The maximum absolute atomic E-state index is 11.2. The lowest BCUT2D eigenvalue weighted by Crippen LogP contribution is -2.25. The molecule has 3 atom stereocenters. The van der Waals surface area contributed by atoms with Crippen molar-refractivity contribution in [1.29, 1.82) is 0 Å². The third-order valence-corrected chi connectivity index (χ3v) is 8.56. The van der Waals surface area contributed by atoms with Crippen LogP contribution in [-0.4, -0.2) is 47.1 Å². The molecule has 2 saturated heterocycles. The molecule has 3 aliphatic heterocycles. The number of ether oxygens (including phenoxy) is 5. The summed E-state index contributed by atoms with van der Waals surface area (Å²) in [5.41, 5.74) is 5.73. The molecule has 2 fully saturated rings. The minimum atomic E-state index is -3.54. The van der Waals surface area contributed by atoms with Gasteiger partial charge in [-0.2, -0.15) is 8.42 Å². The number of fused-ring (bicyclic) bond motifs is 1. The quantitative estimate of drug-likeness (QED) is 0.196. The van der Waals surface area contributed by atoms with Crippen LogP contribution in [0.4, 0.5) is 0 Å². The van der Waals surface area contributed by atoms with Gasteiger partial charge >= 0.3 is 0 Å². The molecule has 45 heavy (non-hydrogen) atoms. The number of rotatable bonds is 8. The van der Waals surface area contributed by atoms with Crippen LogP contribution in [0.2, 0.25) is 0 Å². The molecular weight excluding hydrogens is 592 g/mol. The van der Waals surface area contributed by atoms with Crippen molar-refractivity contribution in [3.8, 4) is 29.1 Å². The molecule has 0 bridgehead atoms. The molecule has 3 aliphatic rings. The molecule has 0 saturated carbocycles. The highest BCUT2D eigenvalue weighted by Crippen LogP contribution is 2.48. The van der Waals surface area contributed by atoms with Crippen molar-refractivity contribution in [3.63, 3.8) is 0 Å². The Hall–Kier alpha value is -3.81. The number of hydrogen-bond donors (Lipinski definition) is 0. The molecule has 0 aliphatic carbocycles. The van der Waals surface area contributed by atoms with Crippen molar-refractivity contribution < 1.29 is 36.3 Å². The molecule has 3 aromatic carbocycles. The van der Waals surface area contributed by atoms with Crippen LogP contribution < -0.4 is 14.2 Å². The minimum Gasteiger partial charge on any atom is -0.480 e. The summed E-state index contributed by atoms with van der Waals surface area (Å²) in [4.78, 5) is 0. The van der Waals surface area contributed by atoms with E-state index < -0.39 is 16.2 Å². The molecule has 0 aromatic heterocycles. The van der Waals surface area contributed by atoms with Gasteiger partial charge in [-0.15, -0.1) is 0 Å². The average Bonchev–Trinajstić information content (AvgIpc) is 3.04. The second-order valence-corrected chi connectivity index (χ2v) is 13.1. The van der Waals surface area contributed by atoms with Gasteiger partial charge in [0, 0.05) is 29.5 Å². The Morgan fingerprint density at radius 3 is 2.18 bits per heavy atom. The Morgan fingerprint density at radius 1 is 0.844 bits per heavy atom. The topological polar surface area (TPSA) is 89.5 Å². The normalized spacial score (nSPS) is 21.6. The minimum absolute atomic E-state index is 0.196. The van der Waals surface area contributed by atoms with Crippen LogP contribution in [0.25, 0.3) is 11.1 Å². The molecule has 9 heteroatoms. The second kappa shape index (κ2) is 14.1. The number of allylic oxidation sites excluding steroid dienone is 1. The largest absolute Gasteiger partial charge is 0.480 e. The predicted molar refractivity (Wildman–Crippen MR) is 171 cm³/mol. The van der Waals surface area contributed by atoms with Crippen LogP contribution in [-0.2, 0) is 23.8 Å². The third kappa shape index (κ3) is 8.08. The molecule has 8 nitrogen and oxygen atoms in total. The van der Waals surface area contributed by atoms with Crippen LogP contribution in [0.3, 0.4) is 0 Å². The number of hydrogen-bond acceptors (Lipinski definition) is 8. The van der Waals surface area contributed by atoms with E-state index in [1.165, 1.54) is 0 Å². The molecule has 3 aromatic rings. The maximum Gasteiger partial charge on any atom is 0.265 e. The van der Waals surface area contributed by atoms with Crippen LogP contribution in [0.5, 0.6) is 17.2 Å². The summed E-state index contributed by atoms with van der Waals surface area (Å²) in [6.07, 6.45) is 6.15. The average molecular weight is 631 g/mol. The zero-order valence-electron chi connectivity index (χ0n) is 25.6. The summed E-state index contributed by atoms with van der Waals surface area (Å²) in [7, 11) is -3.54.